The van der Waals surface area contributed by atoms with E-state index in [1.165, 1.54) is 0 Å². The van der Waals surface area contributed by atoms with Crippen LogP contribution in [0.15, 0.2) is 54.6 Å². The van der Waals surface area contributed by atoms with Crippen molar-refractivity contribution in [2.45, 2.75) is 18.8 Å². The van der Waals surface area contributed by atoms with Gasteiger partial charge in [0.25, 0.3) is 5.91 Å². The highest BCUT2D eigenvalue weighted by molar-refractivity contribution is 6.32. The molecule has 0 aliphatic carbocycles. The summed E-state index contributed by atoms with van der Waals surface area (Å²) in [5.74, 6) is 0.133. The average Bonchev–Trinajstić information content (AvgIpc) is 2.85. The van der Waals surface area contributed by atoms with E-state index in [1.54, 1.807) is 55.6 Å². The van der Waals surface area contributed by atoms with Crippen LogP contribution in [0, 0.1) is 0 Å². The predicted octanol–water partition coefficient (Wildman–Crippen LogP) is 5.72. The van der Waals surface area contributed by atoms with Crippen LogP contribution >= 0.6 is 23.2 Å². The first-order chi connectivity index (χ1) is 16.9. The molecule has 7 nitrogen and oxygen atoms in total. The van der Waals surface area contributed by atoms with E-state index in [1.807, 2.05) is 6.07 Å². The van der Waals surface area contributed by atoms with Crippen LogP contribution in [0.25, 0.3) is 0 Å². The van der Waals surface area contributed by atoms with Crippen molar-refractivity contribution in [3.8, 4) is 23.0 Å². The molecule has 1 aliphatic heterocycles. The number of carbonyl (C=O) groups is 2. The van der Waals surface area contributed by atoms with Gasteiger partial charge in [0.2, 0.25) is 0 Å². The zero-order valence-electron chi connectivity index (χ0n) is 18.8. The van der Waals surface area contributed by atoms with Gasteiger partial charge in [0, 0.05) is 28.8 Å². The Kier molecular flexibility index (Phi) is 7.68. The number of amides is 1. The summed E-state index contributed by atoms with van der Waals surface area (Å²) in [5, 5.41) is 13.2. The van der Waals surface area contributed by atoms with Crippen LogP contribution in [0.5, 0.6) is 23.0 Å². The fraction of sp³-hybridized carbons (Fsp3) is 0.231. The molecular weight excluding hydrogens is 493 g/mol. The molecule has 35 heavy (non-hydrogen) atoms. The van der Waals surface area contributed by atoms with Crippen molar-refractivity contribution in [1.29, 1.82) is 0 Å². The number of carbonyl (C=O) groups excluding carboxylic acids is 1. The highest BCUT2D eigenvalue weighted by Crippen LogP contribution is 2.41. The van der Waals surface area contributed by atoms with Crippen molar-refractivity contribution in [2.24, 2.45) is 0 Å². The van der Waals surface area contributed by atoms with E-state index >= 15 is 0 Å². The van der Waals surface area contributed by atoms with E-state index in [0.29, 0.717) is 65.1 Å². The number of rotatable bonds is 8. The molecule has 182 valence electrons. The third-order valence-corrected chi connectivity index (χ3v) is 6.21. The topological polar surface area (TPSA) is 94.1 Å². The lowest BCUT2D eigenvalue weighted by Gasteiger charge is -2.24. The van der Waals surface area contributed by atoms with Gasteiger partial charge >= 0.3 is 5.97 Å². The molecule has 2 N–H and O–H groups in total. The summed E-state index contributed by atoms with van der Waals surface area (Å²) < 4.78 is 16.8. The molecule has 1 atom stereocenters. The number of carboxylic acid groups (broad SMARTS) is 1. The van der Waals surface area contributed by atoms with Crippen LogP contribution < -0.4 is 19.5 Å². The first-order valence-corrected chi connectivity index (χ1v) is 11.7. The summed E-state index contributed by atoms with van der Waals surface area (Å²) in [6.07, 6.45) is 0.977. The third-order valence-electron chi connectivity index (χ3n) is 5.68. The Morgan fingerprint density at radius 3 is 2.57 bits per heavy atom. The highest BCUT2D eigenvalue weighted by Gasteiger charge is 2.29. The van der Waals surface area contributed by atoms with Crippen LogP contribution in [0.4, 0.5) is 0 Å². The van der Waals surface area contributed by atoms with Gasteiger partial charge in [0.05, 0.1) is 24.7 Å². The Hall–Kier alpha value is -3.42. The molecule has 0 aromatic heterocycles. The minimum Gasteiger partial charge on any atom is -0.496 e. The molecule has 0 bridgehead atoms. The van der Waals surface area contributed by atoms with Crippen LogP contribution in [0.3, 0.4) is 0 Å². The smallest absolute Gasteiger partial charge is 0.311 e. The Morgan fingerprint density at radius 1 is 1.09 bits per heavy atom. The quantitative estimate of drug-likeness (QED) is 0.398. The second-order valence-corrected chi connectivity index (χ2v) is 8.78. The van der Waals surface area contributed by atoms with Crippen molar-refractivity contribution in [1.82, 2.24) is 5.32 Å². The Morgan fingerprint density at radius 2 is 1.86 bits per heavy atom. The van der Waals surface area contributed by atoms with Gasteiger partial charge in [-0.25, -0.2) is 0 Å². The monoisotopic (exact) mass is 515 g/mol. The van der Waals surface area contributed by atoms with Crippen LogP contribution in [0.1, 0.15) is 33.8 Å². The minimum absolute atomic E-state index is 0.218. The number of hydrogen-bond donors (Lipinski definition) is 2. The van der Waals surface area contributed by atoms with Crippen molar-refractivity contribution < 1.29 is 28.9 Å². The Labute approximate surface area is 212 Å². The second-order valence-electron chi connectivity index (χ2n) is 7.94. The molecule has 1 unspecified atom stereocenters. The van der Waals surface area contributed by atoms with Gasteiger partial charge in [0.15, 0.2) is 0 Å². The van der Waals surface area contributed by atoms with E-state index in [0.717, 1.165) is 5.56 Å². The molecule has 1 heterocycles. The lowest BCUT2D eigenvalue weighted by Crippen LogP contribution is -2.25. The molecule has 0 saturated carbocycles. The lowest BCUT2D eigenvalue weighted by molar-refractivity contribution is -0.139. The maximum absolute atomic E-state index is 12.5. The molecule has 3 aromatic carbocycles. The molecule has 1 aliphatic rings. The zero-order valence-corrected chi connectivity index (χ0v) is 20.4. The molecule has 1 amide bonds. The first-order valence-electron chi connectivity index (χ1n) is 10.9. The molecule has 0 saturated heterocycles. The van der Waals surface area contributed by atoms with Gasteiger partial charge in [-0.3, -0.25) is 9.59 Å². The third kappa shape index (κ3) is 5.81. The van der Waals surface area contributed by atoms with Crippen molar-refractivity contribution >= 4 is 35.1 Å². The number of halogens is 2. The fourth-order valence-electron chi connectivity index (χ4n) is 3.86. The Bertz CT molecular complexity index is 1250. The van der Waals surface area contributed by atoms with Gasteiger partial charge in [0.1, 0.15) is 23.0 Å². The number of nitrogens with one attached hydrogen (secondary N) is 1. The summed E-state index contributed by atoms with van der Waals surface area (Å²) in [7, 11) is 1.58. The van der Waals surface area contributed by atoms with E-state index in [4.69, 9.17) is 37.4 Å². The van der Waals surface area contributed by atoms with Crippen LogP contribution in [0.2, 0.25) is 10.0 Å². The summed E-state index contributed by atoms with van der Waals surface area (Å²) in [4.78, 5) is 24.0. The van der Waals surface area contributed by atoms with Crippen molar-refractivity contribution in [3.63, 3.8) is 0 Å². The maximum Gasteiger partial charge on any atom is 0.311 e. The van der Waals surface area contributed by atoms with Gasteiger partial charge < -0.3 is 24.6 Å². The van der Waals surface area contributed by atoms with Crippen molar-refractivity contribution in [2.75, 3.05) is 20.3 Å². The minimum atomic E-state index is -0.916. The van der Waals surface area contributed by atoms with E-state index in [2.05, 4.69) is 5.32 Å². The number of ether oxygens (including phenoxy) is 3. The second kappa shape index (κ2) is 10.9. The lowest BCUT2D eigenvalue weighted by atomic mass is 9.93. The summed E-state index contributed by atoms with van der Waals surface area (Å²) >= 11 is 12.3. The number of hydrogen-bond acceptors (Lipinski definition) is 5. The van der Waals surface area contributed by atoms with E-state index in [-0.39, 0.29) is 10.9 Å². The van der Waals surface area contributed by atoms with E-state index in [9.17, 15) is 14.7 Å². The molecule has 0 spiro atoms. The number of carboxylic acids is 1. The standard InChI is InChI=1S/C26H23Cl2NO6/c1-33-22-12-17(27)5-2-15(22)8-10-29-25(30)16-3-6-18(7-4-16)35-24-14-23-20(13-21(24)28)19(26(31)32)9-11-34-23/h2-7,12-14,19H,8-11H2,1H3,(H,29,30)(H,31,32). The van der Waals surface area contributed by atoms with Crippen LogP contribution in [-0.4, -0.2) is 37.2 Å². The summed E-state index contributed by atoms with van der Waals surface area (Å²) in [6.45, 7) is 0.733. The molecule has 3 aromatic rings. The molecule has 0 radical (unpaired) electrons. The highest BCUT2D eigenvalue weighted by atomic mass is 35.5. The predicted molar refractivity (Wildman–Crippen MR) is 132 cm³/mol. The SMILES string of the molecule is COc1cc(Cl)ccc1CCNC(=O)c1ccc(Oc2cc3c(cc2Cl)C(C(=O)O)CCO3)cc1. The fourth-order valence-corrected chi connectivity index (χ4v) is 4.24. The molecular formula is C26H23Cl2NO6. The molecule has 0 fully saturated rings. The van der Waals surface area contributed by atoms with Crippen molar-refractivity contribution in [3.05, 3.63) is 81.3 Å². The number of fused-ring (bicyclic) bond motifs is 1. The van der Waals surface area contributed by atoms with Gasteiger partial charge in [-0.1, -0.05) is 29.3 Å². The normalized spacial score (nSPS) is 14.4. The van der Waals surface area contributed by atoms with E-state index < -0.39 is 11.9 Å². The Balaban J connectivity index is 1.38. The maximum atomic E-state index is 12.5. The molecule has 4 rings (SSSR count). The summed E-state index contributed by atoms with van der Waals surface area (Å²) in [5.41, 5.74) is 1.95. The van der Waals surface area contributed by atoms with Gasteiger partial charge in [-0.2, -0.15) is 0 Å². The van der Waals surface area contributed by atoms with Crippen LogP contribution in [-0.2, 0) is 11.2 Å². The number of benzene rings is 3. The molecule has 9 heteroatoms. The number of methoxy groups -OCH3 is 1. The number of aliphatic carboxylic acids is 1. The first kappa shape index (κ1) is 24.7. The van der Waals surface area contributed by atoms with Gasteiger partial charge in [-0.15, -0.1) is 0 Å². The largest absolute Gasteiger partial charge is 0.496 e. The average molecular weight is 516 g/mol. The van der Waals surface area contributed by atoms with Gasteiger partial charge in [-0.05, 0) is 60.9 Å². The zero-order chi connectivity index (χ0) is 24.9. The summed E-state index contributed by atoms with van der Waals surface area (Å²) in [6, 6.07) is 15.2.